The molecule has 0 spiro atoms. The van der Waals surface area contributed by atoms with Gasteiger partial charge in [0.1, 0.15) is 6.61 Å². The van der Waals surface area contributed by atoms with E-state index in [9.17, 15) is 0 Å². The molecule has 0 aromatic heterocycles. The first kappa shape index (κ1) is 21.1. The van der Waals surface area contributed by atoms with Crippen LogP contribution in [-0.4, -0.2) is 13.7 Å². The number of hydrogen-bond donors (Lipinski definition) is 1. The molecule has 0 aliphatic rings. The minimum absolute atomic E-state index is 0. The maximum atomic E-state index is 6.17. The summed E-state index contributed by atoms with van der Waals surface area (Å²) in [6.45, 7) is 4.33. The molecule has 1 N–H and O–H groups in total. The second-order valence-electron chi connectivity index (χ2n) is 5.17. The Balaban J connectivity index is 0.00000288. The highest BCUT2D eigenvalue weighted by Crippen LogP contribution is 2.37. The minimum Gasteiger partial charge on any atom is -0.493 e. The lowest BCUT2D eigenvalue weighted by Gasteiger charge is -2.15. The lowest BCUT2D eigenvalue weighted by molar-refractivity contribution is 0.282. The van der Waals surface area contributed by atoms with Crippen molar-refractivity contribution in [3.8, 4) is 11.5 Å². The fourth-order valence-corrected chi connectivity index (χ4v) is 2.98. The molecule has 132 valence electrons. The molecule has 0 saturated heterocycles. The normalized spacial score (nSPS) is 10.2. The molecule has 6 heteroatoms. The Morgan fingerprint density at radius 1 is 1.21 bits per heavy atom. The molecule has 0 bridgehead atoms. The first-order valence-electron chi connectivity index (χ1n) is 7.59. The van der Waals surface area contributed by atoms with Gasteiger partial charge in [-0.1, -0.05) is 36.7 Å². The number of hydrogen-bond acceptors (Lipinski definition) is 3. The van der Waals surface area contributed by atoms with Gasteiger partial charge in [0.05, 0.1) is 11.6 Å². The zero-order valence-electron chi connectivity index (χ0n) is 13.8. The molecular formula is C18H22BrCl2NO2. The second-order valence-corrected chi connectivity index (χ2v) is 6.43. The smallest absolute Gasteiger partial charge is 0.175 e. The second kappa shape index (κ2) is 10.8. The predicted octanol–water partition coefficient (Wildman–Crippen LogP) is 5.61. The first-order valence-corrected chi connectivity index (χ1v) is 8.76. The molecule has 0 radical (unpaired) electrons. The van der Waals surface area contributed by atoms with Crippen LogP contribution < -0.4 is 14.8 Å². The van der Waals surface area contributed by atoms with Crippen molar-refractivity contribution in [2.24, 2.45) is 0 Å². The fourth-order valence-electron chi connectivity index (χ4n) is 2.19. The van der Waals surface area contributed by atoms with Crippen LogP contribution in [-0.2, 0) is 13.2 Å². The van der Waals surface area contributed by atoms with Gasteiger partial charge in [-0.25, -0.2) is 0 Å². The number of nitrogens with one attached hydrogen (secondary N) is 1. The first-order chi connectivity index (χ1) is 11.2. The Kier molecular flexibility index (Phi) is 9.52. The van der Waals surface area contributed by atoms with E-state index < -0.39 is 0 Å². The third kappa shape index (κ3) is 5.85. The van der Waals surface area contributed by atoms with Gasteiger partial charge in [0, 0.05) is 17.1 Å². The Hall–Kier alpha value is -0.940. The van der Waals surface area contributed by atoms with Crippen LogP contribution in [0.4, 0.5) is 0 Å². The van der Waals surface area contributed by atoms with Gasteiger partial charge < -0.3 is 14.8 Å². The van der Waals surface area contributed by atoms with E-state index in [-0.39, 0.29) is 12.4 Å². The van der Waals surface area contributed by atoms with Gasteiger partial charge in [-0.15, -0.1) is 12.4 Å². The maximum absolute atomic E-state index is 6.17. The van der Waals surface area contributed by atoms with Crippen molar-refractivity contribution in [3.05, 3.63) is 57.0 Å². The van der Waals surface area contributed by atoms with Crippen molar-refractivity contribution >= 4 is 39.9 Å². The molecule has 3 nitrogen and oxygen atoms in total. The highest BCUT2D eigenvalue weighted by atomic mass is 79.9. The Labute approximate surface area is 163 Å². The summed E-state index contributed by atoms with van der Waals surface area (Å²) in [5, 5.41) is 4.08. The molecule has 0 aliphatic carbocycles. The molecule has 0 heterocycles. The van der Waals surface area contributed by atoms with Crippen LogP contribution in [0.2, 0.25) is 5.02 Å². The lowest BCUT2D eigenvalue weighted by Crippen LogP contribution is -2.14. The van der Waals surface area contributed by atoms with Crippen LogP contribution in [0.1, 0.15) is 24.5 Å². The summed E-state index contributed by atoms with van der Waals surface area (Å²) < 4.78 is 12.3. The van der Waals surface area contributed by atoms with E-state index in [0.29, 0.717) is 23.1 Å². The number of methoxy groups -OCH3 is 1. The van der Waals surface area contributed by atoms with Crippen LogP contribution in [0.3, 0.4) is 0 Å². The van der Waals surface area contributed by atoms with E-state index in [1.54, 1.807) is 7.11 Å². The maximum Gasteiger partial charge on any atom is 0.175 e. The molecule has 0 saturated carbocycles. The third-order valence-corrected chi connectivity index (χ3v) is 4.33. The Morgan fingerprint density at radius 2 is 1.96 bits per heavy atom. The van der Waals surface area contributed by atoms with E-state index in [0.717, 1.165) is 35.1 Å². The van der Waals surface area contributed by atoms with E-state index in [2.05, 4.69) is 28.2 Å². The van der Waals surface area contributed by atoms with Crippen molar-refractivity contribution in [2.75, 3.05) is 13.7 Å². The van der Waals surface area contributed by atoms with Gasteiger partial charge >= 0.3 is 0 Å². The minimum atomic E-state index is 0. The summed E-state index contributed by atoms with van der Waals surface area (Å²) >= 11 is 9.74. The summed E-state index contributed by atoms with van der Waals surface area (Å²) in [6.07, 6.45) is 1.11. The van der Waals surface area contributed by atoms with Crippen LogP contribution in [0.25, 0.3) is 0 Å². The average Bonchev–Trinajstić information content (AvgIpc) is 2.55. The summed E-state index contributed by atoms with van der Waals surface area (Å²) in [5.74, 6) is 1.39. The zero-order valence-corrected chi connectivity index (χ0v) is 16.9. The van der Waals surface area contributed by atoms with Gasteiger partial charge in [0.25, 0.3) is 0 Å². The topological polar surface area (TPSA) is 30.5 Å². The highest BCUT2D eigenvalue weighted by molar-refractivity contribution is 9.10. The quantitative estimate of drug-likeness (QED) is 0.547. The van der Waals surface area contributed by atoms with Gasteiger partial charge in [-0.2, -0.15) is 0 Å². The monoisotopic (exact) mass is 433 g/mol. The average molecular weight is 435 g/mol. The number of rotatable bonds is 8. The van der Waals surface area contributed by atoms with Gasteiger partial charge in [0.2, 0.25) is 0 Å². The van der Waals surface area contributed by atoms with Crippen molar-refractivity contribution in [2.45, 2.75) is 26.5 Å². The van der Waals surface area contributed by atoms with Crippen LogP contribution in [0, 0.1) is 0 Å². The van der Waals surface area contributed by atoms with Crippen molar-refractivity contribution < 1.29 is 9.47 Å². The Bertz CT molecular complexity index is 653. The van der Waals surface area contributed by atoms with Crippen molar-refractivity contribution in [1.82, 2.24) is 5.32 Å². The van der Waals surface area contributed by atoms with Crippen molar-refractivity contribution in [3.63, 3.8) is 0 Å². The highest BCUT2D eigenvalue weighted by Gasteiger charge is 2.12. The van der Waals surface area contributed by atoms with Crippen LogP contribution in [0.5, 0.6) is 11.5 Å². The Morgan fingerprint density at radius 3 is 2.62 bits per heavy atom. The molecule has 0 amide bonds. The SMILES string of the molecule is CCCNCc1cc(Br)c(OCc2ccccc2Cl)c(OC)c1.Cl. The molecular weight excluding hydrogens is 413 g/mol. The van der Waals surface area contributed by atoms with Gasteiger partial charge in [-0.3, -0.25) is 0 Å². The van der Waals surface area contributed by atoms with Crippen LogP contribution >= 0.6 is 39.9 Å². The van der Waals surface area contributed by atoms with Crippen LogP contribution in [0.15, 0.2) is 40.9 Å². The molecule has 0 atom stereocenters. The predicted molar refractivity (Wildman–Crippen MR) is 106 cm³/mol. The standard InChI is InChI=1S/C18H21BrClNO2.ClH/c1-3-8-21-11-13-9-15(19)18(17(10-13)22-2)23-12-14-6-4-5-7-16(14)20;/h4-7,9-10,21H,3,8,11-12H2,1-2H3;1H. The van der Waals surface area contributed by atoms with Gasteiger partial charge in [-0.05, 0) is 52.7 Å². The number of benzene rings is 2. The van der Waals surface area contributed by atoms with Crippen molar-refractivity contribution in [1.29, 1.82) is 0 Å². The third-order valence-electron chi connectivity index (χ3n) is 3.37. The fraction of sp³-hybridized carbons (Fsp3) is 0.333. The molecule has 24 heavy (non-hydrogen) atoms. The summed E-state index contributed by atoms with van der Waals surface area (Å²) in [5.41, 5.74) is 2.09. The molecule has 0 fully saturated rings. The van der Waals surface area contributed by atoms with E-state index in [4.69, 9.17) is 21.1 Å². The van der Waals surface area contributed by atoms with E-state index in [1.807, 2.05) is 36.4 Å². The molecule has 2 aromatic carbocycles. The zero-order chi connectivity index (χ0) is 16.7. The summed E-state index contributed by atoms with van der Waals surface area (Å²) in [7, 11) is 1.65. The molecule has 0 aliphatic heterocycles. The lowest BCUT2D eigenvalue weighted by atomic mass is 10.2. The van der Waals surface area contributed by atoms with E-state index in [1.165, 1.54) is 0 Å². The molecule has 2 aromatic rings. The molecule has 2 rings (SSSR count). The number of halogens is 3. The summed E-state index contributed by atoms with van der Waals surface area (Å²) in [4.78, 5) is 0. The van der Waals surface area contributed by atoms with Gasteiger partial charge in [0.15, 0.2) is 11.5 Å². The largest absolute Gasteiger partial charge is 0.493 e. The van der Waals surface area contributed by atoms with E-state index >= 15 is 0 Å². The molecule has 0 unspecified atom stereocenters. The number of ether oxygens (including phenoxy) is 2. The summed E-state index contributed by atoms with van der Waals surface area (Å²) in [6, 6.07) is 11.7.